The van der Waals surface area contributed by atoms with Crippen LogP contribution >= 0.6 is 35.6 Å². The summed E-state index contributed by atoms with van der Waals surface area (Å²) in [6, 6.07) is 14.6. The number of hydrogen-bond donors (Lipinski definition) is 2. The molecule has 0 saturated carbocycles. The molecule has 2 aromatic rings. The minimum atomic E-state index is 0. The zero-order valence-electron chi connectivity index (χ0n) is 9.81. The van der Waals surface area contributed by atoms with Crippen LogP contribution in [0, 0.1) is 0 Å². The van der Waals surface area contributed by atoms with Gasteiger partial charge in [-0.25, -0.2) is 0 Å². The lowest BCUT2D eigenvalue weighted by Gasteiger charge is -2.05. The third-order valence-corrected chi connectivity index (χ3v) is 2.85. The molecule has 3 nitrogen and oxygen atoms in total. The SMILES string of the molecule is Cl.N/C(=N\Nc1ccc(Cl)cc1Cl)c1ccccc1. The molecule has 19 heavy (non-hydrogen) atoms. The zero-order chi connectivity index (χ0) is 13.0. The van der Waals surface area contributed by atoms with Gasteiger partial charge in [-0.05, 0) is 18.2 Å². The van der Waals surface area contributed by atoms with Gasteiger partial charge in [-0.1, -0.05) is 53.5 Å². The van der Waals surface area contributed by atoms with Crippen molar-refractivity contribution in [3.8, 4) is 0 Å². The normalized spacial score (nSPS) is 10.7. The third-order valence-electron chi connectivity index (χ3n) is 2.30. The Hall–Kier alpha value is -1.42. The van der Waals surface area contributed by atoms with Crippen molar-refractivity contribution < 1.29 is 0 Å². The smallest absolute Gasteiger partial charge is 0.150 e. The first-order valence-corrected chi connectivity index (χ1v) is 6.02. The summed E-state index contributed by atoms with van der Waals surface area (Å²) in [5.74, 6) is 0.390. The van der Waals surface area contributed by atoms with E-state index in [0.717, 1.165) is 5.56 Å². The van der Waals surface area contributed by atoms with Crippen LogP contribution in [0.5, 0.6) is 0 Å². The first-order valence-electron chi connectivity index (χ1n) is 5.26. The maximum atomic E-state index is 6.00. The Morgan fingerprint density at radius 1 is 1.05 bits per heavy atom. The van der Waals surface area contributed by atoms with Gasteiger partial charge < -0.3 is 5.73 Å². The number of benzene rings is 2. The maximum absolute atomic E-state index is 6.00. The maximum Gasteiger partial charge on any atom is 0.150 e. The van der Waals surface area contributed by atoms with Crippen LogP contribution in [0.3, 0.4) is 0 Å². The number of nitrogens with zero attached hydrogens (tertiary/aromatic N) is 1. The highest BCUT2D eigenvalue weighted by atomic mass is 35.5. The molecular weight excluding hydrogens is 305 g/mol. The van der Waals surface area contributed by atoms with Crippen molar-refractivity contribution in [1.29, 1.82) is 0 Å². The minimum absolute atomic E-state index is 0. The Morgan fingerprint density at radius 3 is 2.37 bits per heavy atom. The molecule has 0 aliphatic rings. The van der Waals surface area contributed by atoms with E-state index in [9.17, 15) is 0 Å². The summed E-state index contributed by atoms with van der Waals surface area (Å²) in [4.78, 5) is 0. The van der Waals surface area contributed by atoms with E-state index in [1.807, 2.05) is 30.3 Å². The van der Waals surface area contributed by atoms with Crippen molar-refractivity contribution in [2.24, 2.45) is 10.8 Å². The van der Waals surface area contributed by atoms with Gasteiger partial charge in [0.1, 0.15) is 0 Å². The monoisotopic (exact) mass is 315 g/mol. The molecule has 0 aliphatic heterocycles. The van der Waals surface area contributed by atoms with E-state index >= 15 is 0 Å². The summed E-state index contributed by atoms with van der Waals surface area (Å²) in [6.07, 6.45) is 0. The molecule has 0 amide bonds. The Morgan fingerprint density at radius 2 is 1.74 bits per heavy atom. The van der Waals surface area contributed by atoms with E-state index in [4.69, 9.17) is 28.9 Å². The van der Waals surface area contributed by atoms with Crippen molar-refractivity contribution in [3.63, 3.8) is 0 Å². The highest BCUT2D eigenvalue weighted by Gasteiger charge is 2.01. The number of rotatable bonds is 3. The zero-order valence-corrected chi connectivity index (χ0v) is 12.1. The molecule has 0 bridgehead atoms. The predicted molar refractivity (Wildman–Crippen MR) is 84.5 cm³/mol. The van der Waals surface area contributed by atoms with Gasteiger partial charge in [-0.2, -0.15) is 5.10 Å². The molecule has 0 spiro atoms. The van der Waals surface area contributed by atoms with Gasteiger partial charge in [0.25, 0.3) is 0 Å². The molecule has 0 atom stereocenters. The summed E-state index contributed by atoms with van der Waals surface area (Å²) in [5.41, 5.74) is 10.1. The first-order chi connectivity index (χ1) is 8.66. The molecule has 0 aliphatic carbocycles. The fourth-order valence-corrected chi connectivity index (χ4v) is 1.82. The quantitative estimate of drug-likeness (QED) is 0.508. The Labute approximate surface area is 127 Å². The van der Waals surface area contributed by atoms with E-state index in [0.29, 0.717) is 21.6 Å². The summed E-state index contributed by atoms with van der Waals surface area (Å²) in [6.45, 7) is 0. The second-order valence-corrected chi connectivity index (χ2v) is 4.44. The van der Waals surface area contributed by atoms with Crippen LogP contribution in [0.1, 0.15) is 5.56 Å². The van der Waals surface area contributed by atoms with Crippen molar-refractivity contribution in [2.45, 2.75) is 0 Å². The third kappa shape index (κ3) is 4.31. The molecule has 2 rings (SSSR count). The van der Waals surface area contributed by atoms with Crippen LogP contribution < -0.4 is 11.2 Å². The van der Waals surface area contributed by atoms with Crippen molar-refractivity contribution in [2.75, 3.05) is 5.43 Å². The van der Waals surface area contributed by atoms with E-state index in [1.165, 1.54) is 0 Å². The standard InChI is InChI=1S/C13H11Cl2N3.ClH/c14-10-6-7-12(11(15)8-10)17-18-13(16)9-4-2-1-3-5-9;/h1-8,17H,(H2,16,18);1H. The van der Waals surface area contributed by atoms with Crippen molar-refractivity contribution in [1.82, 2.24) is 0 Å². The summed E-state index contributed by atoms with van der Waals surface area (Å²) in [5, 5.41) is 5.14. The molecule has 0 saturated heterocycles. The van der Waals surface area contributed by atoms with Gasteiger partial charge in [0.2, 0.25) is 0 Å². The minimum Gasteiger partial charge on any atom is -0.382 e. The van der Waals surface area contributed by atoms with Crippen LogP contribution in [0.15, 0.2) is 53.6 Å². The summed E-state index contributed by atoms with van der Waals surface area (Å²) < 4.78 is 0. The number of nitrogens with one attached hydrogen (secondary N) is 1. The number of halogens is 3. The van der Waals surface area contributed by atoms with Crippen molar-refractivity contribution in [3.05, 3.63) is 64.1 Å². The fraction of sp³-hybridized carbons (Fsp3) is 0. The van der Waals surface area contributed by atoms with Crippen molar-refractivity contribution >= 4 is 47.1 Å². The lowest BCUT2D eigenvalue weighted by molar-refractivity contribution is 1.31. The lowest BCUT2D eigenvalue weighted by Crippen LogP contribution is -2.15. The molecule has 0 aromatic heterocycles. The van der Waals surface area contributed by atoms with Crippen LogP contribution in [0.2, 0.25) is 10.0 Å². The molecule has 0 heterocycles. The van der Waals surface area contributed by atoms with Gasteiger partial charge >= 0.3 is 0 Å². The Bertz CT molecular complexity index is 571. The number of nitrogens with two attached hydrogens (primary N) is 1. The molecular formula is C13H12Cl3N3. The molecule has 2 aromatic carbocycles. The average Bonchev–Trinajstić information content (AvgIpc) is 2.38. The van der Waals surface area contributed by atoms with Gasteiger partial charge in [-0.15, -0.1) is 12.4 Å². The van der Waals surface area contributed by atoms with Gasteiger partial charge in [0.05, 0.1) is 10.7 Å². The number of amidine groups is 1. The van der Waals surface area contributed by atoms with Crippen LogP contribution in [-0.2, 0) is 0 Å². The molecule has 6 heteroatoms. The molecule has 0 unspecified atom stereocenters. The van der Waals surface area contributed by atoms with Crippen LogP contribution in [0.25, 0.3) is 0 Å². The second-order valence-electron chi connectivity index (χ2n) is 3.60. The van der Waals surface area contributed by atoms with E-state index in [2.05, 4.69) is 10.5 Å². The molecule has 100 valence electrons. The number of anilines is 1. The average molecular weight is 317 g/mol. The summed E-state index contributed by atoms with van der Waals surface area (Å²) in [7, 11) is 0. The molecule has 0 fully saturated rings. The van der Waals surface area contributed by atoms with Gasteiger partial charge in [0.15, 0.2) is 5.84 Å². The molecule has 0 radical (unpaired) electrons. The number of hydrogen-bond acceptors (Lipinski definition) is 2. The van der Waals surface area contributed by atoms with E-state index in [1.54, 1.807) is 18.2 Å². The van der Waals surface area contributed by atoms with Gasteiger partial charge in [-0.3, -0.25) is 5.43 Å². The predicted octanol–water partition coefficient (Wildman–Crippen LogP) is 4.15. The Balaban J connectivity index is 0.00000180. The second kappa shape index (κ2) is 7.24. The first kappa shape index (κ1) is 15.6. The van der Waals surface area contributed by atoms with Crippen LogP contribution in [0.4, 0.5) is 5.69 Å². The highest BCUT2D eigenvalue weighted by molar-refractivity contribution is 6.36. The number of hydrazone groups is 1. The van der Waals surface area contributed by atoms with E-state index in [-0.39, 0.29) is 12.4 Å². The van der Waals surface area contributed by atoms with Gasteiger partial charge in [0, 0.05) is 10.6 Å². The lowest BCUT2D eigenvalue weighted by atomic mass is 10.2. The highest BCUT2D eigenvalue weighted by Crippen LogP contribution is 2.25. The largest absolute Gasteiger partial charge is 0.382 e. The molecule has 3 N–H and O–H groups in total. The fourth-order valence-electron chi connectivity index (χ4n) is 1.37. The van der Waals surface area contributed by atoms with Crippen LogP contribution in [-0.4, -0.2) is 5.84 Å². The summed E-state index contributed by atoms with van der Waals surface area (Å²) >= 11 is 11.8. The Kier molecular flexibility index (Phi) is 5.96. The van der Waals surface area contributed by atoms with E-state index < -0.39 is 0 Å². The topological polar surface area (TPSA) is 50.4 Å².